The van der Waals surface area contributed by atoms with Crippen molar-refractivity contribution in [3.8, 4) is 17.6 Å². The Morgan fingerprint density at radius 1 is 0.971 bits per heavy atom. The summed E-state index contributed by atoms with van der Waals surface area (Å²) >= 11 is 0. The Balaban J connectivity index is 2.03. The molecule has 3 aromatic rings. The summed E-state index contributed by atoms with van der Waals surface area (Å²) in [6.45, 7) is 10.7. The van der Waals surface area contributed by atoms with E-state index in [0.717, 1.165) is 31.0 Å². The molecule has 0 aromatic heterocycles. The molecule has 6 nitrogen and oxygen atoms in total. The Morgan fingerprint density at radius 2 is 1.66 bits per heavy atom. The number of fused-ring (bicyclic) bond motifs is 2. The van der Waals surface area contributed by atoms with Crippen LogP contribution < -0.4 is 15.0 Å². The van der Waals surface area contributed by atoms with E-state index in [1.54, 1.807) is 19.1 Å². The predicted octanol–water partition coefficient (Wildman–Crippen LogP) is 6.10. The van der Waals surface area contributed by atoms with Crippen LogP contribution in [0, 0.1) is 11.3 Å². The van der Waals surface area contributed by atoms with Gasteiger partial charge in [0.05, 0.1) is 18.2 Å². The minimum Gasteiger partial charge on any atom is -0.462 e. The Bertz CT molecular complexity index is 1280. The van der Waals surface area contributed by atoms with Crippen molar-refractivity contribution >= 4 is 17.3 Å². The molecule has 35 heavy (non-hydrogen) atoms. The smallest absolute Gasteiger partial charge is 0.338 e. The second-order valence-corrected chi connectivity index (χ2v) is 8.32. The molecule has 1 aliphatic heterocycles. The van der Waals surface area contributed by atoms with Crippen LogP contribution in [0.25, 0.3) is 0 Å². The second-order valence-electron chi connectivity index (χ2n) is 8.32. The predicted molar refractivity (Wildman–Crippen MR) is 139 cm³/mol. The van der Waals surface area contributed by atoms with E-state index in [1.165, 1.54) is 0 Å². The van der Waals surface area contributed by atoms with Gasteiger partial charge in [0.2, 0.25) is 0 Å². The summed E-state index contributed by atoms with van der Waals surface area (Å²) in [6, 6.07) is 21.5. The largest absolute Gasteiger partial charge is 0.462 e. The first kappa shape index (κ1) is 24.2. The lowest BCUT2D eigenvalue weighted by molar-refractivity contribution is 0.0524. The first-order chi connectivity index (χ1) is 17.0. The zero-order valence-corrected chi connectivity index (χ0v) is 20.7. The third-order valence-corrected chi connectivity index (χ3v) is 6.48. The molecular weight excluding hydrogens is 438 g/mol. The first-order valence-electron chi connectivity index (χ1n) is 12.2. The van der Waals surface area contributed by atoms with Crippen molar-refractivity contribution in [3.63, 3.8) is 0 Å². The van der Waals surface area contributed by atoms with E-state index >= 15 is 0 Å². The fraction of sp³-hybridized carbons (Fsp3) is 0.310. The molecule has 1 atom stereocenters. The van der Waals surface area contributed by atoms with Crippen LogP contribution in [0.5, 0.6) is 11.5 Å². The highest BCUT2D eigenvalue weighted by molar-refractivity contribution is 5.93. The Hall–Kier alpha value is -3.98. The van der Waals surface area contributed by atoms with E-state index in [9.17, 15) is 10.1 Å². The number of esters is 1. The monoisotopic (exact) mass is 469 g/mol. The number of hydrogen-bond acceptors (Lipinski definition) is 6. The van der Waals surface area contributed by atoms with Gasteiger partial charge in [-0.1, -0.05) is 30.3 Å². The lowest BCUT2D eigenvalue weighted by Crippen LogP contribution is -2.33. The molecule has 6 heteroatoms. The molecule has 0 saturated heterocycles. The number of rotatable bonds is 8. The highest BCUT2D eigenvalue weighted by Gasteiger charge is 2.46. The average molecular weight is 470 g/mol. The molecule has 0 bridgehead atoms. The molecule has 0 spiro atoms. The van der Waals surface area contributed by atoms with Gasteiger partial charge in [-0.05, 0) is 51.5 Å². The molecule has 1 aliphatic rings. The fourth-order valence-corrected chi connectivity index (χ4v) is 4.85. The molecule has 0 unspecified atom stereocenters. The molecule has 1 N–H and O–H groups in total. The van der Waals surface area contributed by atoms with Gasteiger partial charge in [-0.25, -0.2) is 4.79 Å². The van der Waals surface area contributed by atoms with Crippen molar-refractivity contribution in [2.45, 2.75) is 33.1 Å². The van der Waals surface area contributed by atoms with Gasteiger partial charge in [-0.3, -0.25) is 0 Å². The van der Waals surface area contributed by atoms with Gasteiger partial charge in [0.15, 0.2) is 0 Å². The number of nitriles is 1. The third kappa shape index (κ3) is 4.08. The maximum atomic E-state index is 13.0. The van der Waals surface area contributed by atoms with Crippen LogP contribution in [0.2, 0.25) is 0 Å². The van der Waals surface area contributed by atoms with Gasteiger partial charge in [-0.15, -0.1) is 0 Å². The van der Waals surface area contributed by atoms with Crippen molar-refractivity contribution in [2.24, 2.45) is 0 Å². The Labute approximate surface area is 207 Å². The minimum atomic E-state index is -1.25. The molecule has 0 amide bonds. The molecule has 3 aromatic carbocycles. The van der Waals surface area contributed by atoms with E-state index < -0.39 is 11.4 Å². The topological polar surface area (TPSA) is 74.6 Å². The highest BCUT2D eigenvalue weighted by Crippen LogP contribution is 2.53. The van der Waals surface area contributed by atoms with Gasteiger partial charge >= 0.3 is 5.97 Å². The number of ether oxygens (including phenoxy) is 2. The number of anilines is 2. The summed E-state index contributed by atoms with van der Waals surface area (Å²) in [5, 5.41) is 14.2. The van der Waals surface area contributed by atoms with Gasteiger partial charge in [-0.2, -0.15) is 5.26 Å². The third-order valence-electron chi connectivity index (χ3n) is 6.48. The molecule has 0 saturated carbocycles. The molecule has 0 fully saturated rings. The summed E-state index contributed by atoms with van der Waals surface area (Å²) in [5.41, 5.74) is 3.03. The van der Waals surface area contributed by atoms with Crippen LogP contribution >= 0.6 is 0 Å². The summed E-state index contributed by atoms with van der Waals surface area (Å²) < 4.78 is 11.8. The van der Waals surface area contributed by atoms with Crippen LogP contribution in [0.3, 0.4) is 0 Å². The second kappa shape index (κ2) is 10.1. The number of benzene rings is 3. The summed E-state index contributed by atoms with van der Waals surface area (Å²) in [5.74, 6) is 0.750. The summed E-state index contributed by atoms with van der Waals surface area (Å²) in [4.78, 5) is 15.2. The Morgan fingerprint density at radius 3 is 2.31 bits per heavy atom. The zero-order chi connectivity index (χ0) is 25.0. The Kier molecular flexibility index (Phi) is 6.97. The fourth-order valence-electron chi connectivity index (χ4n) is 4.85. The number of carbonyl (C=O) groups excluding carboxylic acids is 1. The lowest BCUT2D eigenvalue weighted by atomic mass is 9.67. The van der Waals surface area contributed by atoms with Crippen LogP contribution in [-0.4, -0.2) is 32.2 Å². The quantitative estimate of drug-likeness (QED) is 0.402. The van der Waals surface area contributed by atoms with Crippen molar-refractivity contribution in [1.29, 1.82) is 5.26 Å². The number of hydrogen-bond donors (Lipinski definition) is 1. The minimum absolute atomic E-state index is 0.252. The van der Waals surface area contributed by atoms with Crippen LogP contribution in [0.4, 0.5) is 11.4 Å². The summed E-state index contributed by atoms with van der Waals surface area (Å²) in [6.07, 6.45) is 0. The van der Waals surface area contributed by atoms with Gasteiger partial charge in [0.1, 0.15) is 16.9 Å². The molecule has 4 rings (SSSR count). The maximum Gasteiger partial charge on any atom is 0.338 e. The normalized spacial score (nSPS) is 15.7. The van der Waals surface area contributed by atoms with E-state index in [0.29, 0.717) is 33.8 Å². The SMILES string of the molecule is CCNc1ccc2c(c1)Oc1cc(N(CC)CC)ccc1[C@@]2(C#N)c1ccccc1C(=O)OCC. The van der Waals surface area contributed by atoms with Crippen LogP contribution in [0.1, 0.15) is 54.7 Å². The lowest BCUT2D eigenvalue weighted by Gasteiger charge is -2.37. The van der Waals surface area contributed by atoms with E-state index in [-0.39, 0.29) is 6.61 Å². The standard InChI is InChI=1S/C29H31N3O3/c1-5-31-20-13-15-24-26(17-20)35-27-18-21(32(6-2)7-3)14-16-25(27)29(24,19-30)23-12-10-9-11-22(23)28(33)34-8-4/h9-18,31H,5-8H2,1-4H3/t29-/m0/s1. The maximum absolute atomic E-state index is 13.0. The van der Waals surface area contributed by atoms with Gasteiger partial charge < -0.3 is 19.7 Å². The molecular formula is C29H31N3O3. The molecule has 0 aliphatic carbocycles. The summed E-state index contributed by atoms with van der Waals surface area (Å²) in [7, 11) is 0. The molecule has 1 heterocycles. The van der Waals surface area contributed by atoms with E-state index in [4.69, 9.17) is 9.47 Å². The van der Waals surface area contributed by atoms with Crippen molar-refractivity contribution < 1.29 is 14.3 Å². The molecule has 180 valence electrons. The number of carbonyl (C=O) groups is 1. The van der Waals surface area contributed by atoms with Crippen LogP contribution in [0.15, 0.2) is 60.7 Å². The highest BCUT2D eigenvalue weighted by atomic mass is 16.5. The van der Waals surface area contributed by atoms with Crippen molar-refractivity contribution in [1.82, 2.24) is 0 Å². The van der Waals surface area contributed by atoms with E-state index in [1.807, 2.05) is 55.5 Å². The number of nitrogens with one attached hydrogen (secondary N) is 1. The van der Waals surface area contributed by atoms with Gasteiger partial charge in [0, 0.05) is 54.3 Å². The van der Waals surface area contributed by atoms with Crippen LogP contribution in [-0.2, 0) is 10.2 Å². The van der Waals surface area contributed by atoms with Crippen molar-refractivity contribution in [3.05, 3.63) is 82.9 Å². The van der Waals surface area contributed by atoms with E-state index in [2.05, 4.69) is 30.1 Å². The zero-order valence-electron chi connectivity index (χ0n) is 20.7. The number of nitrogens with zero attached hydrogens (tertiary/aromatic N) is 2. The average Bonchev–Trinajstić information content (AvgIpc) is 2.88. The van der Waals surface area contributed by atoms with Crippen molar-refractivity contribution in [2.75, 3.05) is 36.5 Å². The first-order valence-corrected chi connectivity index (χ1v) is 12.2. The van der Waals surface area contributed by atoms with Gasteiger partial charge in [0.25, 0.3) is 0 Å². The molecule has 0 radical (unpaired) electrons.